The van der Waals surface area contributed by atoms with Gasteiger partial charge in [-0.25, -0.2) is 0 Å². The molecular weight excluding hydrogens is 338 g/mol. The van der Waals surface area contributed by atoms with Gasteiger partial charge in [0.25, 0.3) is 11.6 Å². The van der Waals surface area contributed by atoms with Gasteiger partial charge in [-0.15, -0.1) is 0 Å². The minimum absolute atomic E-state index is 0.00858. The van der Waals surface area contributed by atoms with Gasteiger partial charge < -0.3 is 15.2 Å². The second-order valence-corrected chi connectivity index (χ2v) is 5.13. The Bertz CT molecular complexity index is 901. The standard InChI is InChI=1S/C18H15N3O5/c1-25-16-8-13(7-14(10-19)18(20)22)15(21(23)24)9-17(16)26-11-12-5-3-2-4-6-12/h2-9H,11H2,1H3,(H2,20,22)/b14-7+. The van der Waals surface area contributed by atoms with Gasteiger partial charge in [-0.2, -0.15) is 5.26 Å². The molecule has 0 radical (unpaired) electrons. The summed E-state index contributed by atoms with van der Waals surface area (Å²) in [5.74, 6) is -0.595. The lowest BCUT2D eigenvalue weighted by atomic mass is 10.1. The third-order valence-corrected chi connectivity index (χ3v) is 3.43. The van der Waals surface area contributed by atoms with Crippen LogP contribution in [0.1, 0.15) is 11.1 Å². The van der Waals surface area contributed by atoms with E-state index in [1.807, 2.05) is 30.3 Å². The number of hydrogen-bond donors (Lipinski definition) is 1. The average Bonchev–Trinajstić information content (AvgIpc) is 2.64. The Morgan fingerprint density at radius 2 is 2.00 bits per heavy atom. The van der Waals surface area contributed by atoms with Crippen LogP contribution in [-0.4, -0.2) is 17.9 Å². The van der Waals surface area contributed by atoms with Crippen molar-refractivity contribution in [1.29, 1.82) is 5.26 Å². The molecule has 2 rings (SSSR count). The van der Waals surface area contributed by atoms with Gasteiger partial charge in [-0.1, -0.05) is 30.3 Å². The number of carbonyl (C=O) groups is 1. The Kier molecular flexibility index (Phi) is 5.90. The van der Waals surface area contributed by atoms with Gasteiger partial charge in [0.2, 0.25) is 0 Å². The Morgan fingerprint density at radius 1 is 1.31 bits per heavy atom. The van der Waals surface area contributed by atoms with Crippen LogP contribution in [0.3, 0.4) is 0 Å². The summed E-state index contributed by atoms with van der Waals surface area (Å²) in [4.78, 5) is 21.9. The topological polar surface area (TPSA) is 128 Å². The molecule has 0 aliphatic carbocycles. The first-order valence-electron chi connectivity index (χ1n) is 7.41. The molecule has 26 heavy (non-hydrogen) atoms. The zero-order chi connectivity index (χ0) is 19.1. The van der Waals surface area contributed by atoms with E-state index in [1.165, 1.54) is 19.2 Å². The normalized spacial score (nSPS) is 10.7. The number of rotatable bonds is 7. The van der Waals surface area contributed by atoms with Crippen LogP contribution in [0.25, 0.3) is 6.08 Å². The summed E-state index contributed by atoms with van der Waals surface area (Å²) in [6.45, 7) is 0.189. The molecular formula is C18H15N3O5. The van der Waals surface area contributed by atoms with Crippen LogP contribution in [0, 0.1) is 21.4 Å². The quantitative estimate of drug-likeness (QED) is 0.352. The van der Waals surface area contributed by atoms with E-state index in [0.717, 1.165) is 11.6 Å². The van der Waals surface area contributed by atoms with Crippen molar-refractivity contribution in [1.82, 2.24) is 0 Å². The molecule has 0 saturated carbocycles. The van der Waals surface area contributed by atoms with Crippen LogP contribution in [0.5, 0.6) is 11.5 Å². The van der Waals surface area contributed by atoms with Crippen molar-refractivity contribution < 1.29 is 19.2 Å². The lowest BCUT2D eigenvalue weighted by molar-refractivity contribution is -0.385. The van der Waals surface area contributed by atoms with E-state index in [4.69, 9.17) is 20.5 Å². The number of nitro benzene ring substituents is 1. The fourth-order valence-electron chi connectivity index (χ4n) is 2.16. The maximum Gasteiger partial charge on any atom is 0.280 e. The third-order valence-electron chi connectivity index (χ3n) is 3.43. The number of ether oxygens (including phenoxy) is 2. The van der Waals surface area contributed by atoms with Crippen LogP contribution in [0.4, 0.5) is 5.69 Å². The highest BCUT2D eigenvalue weighted by molar-refractivity contribution is 6.01. The van der Waals surface area contributed by atoms with Gasteiger partial charge in [-0.3, -0.25) is 14.9 Å². The number of nitriles is 1. The highest BCUT2D eigenvalue weighted by atomic mass is 16.6. The Hall–Kier alpha value is -3.86. The Balaban J connectivity index is 2.45. The van der Waals surface area contributed by atoms with Crippen LogP contribution >= 0.6 is 0 Å². The van der Waals surface area contributed by atoms with Crippen molar-refractivity contribution in [3.8, 4) is 17.6 Å². The summed E-state index contributed by atoms with van der Waals surface area (Å²) < 4.78 is 10.8. The van der Waals surface area contributed by atoms with Crippen molar-refractivity contribution in [2.45, 2.75) is 6.61 Å². The molecule has 132 valence electrons. The van der Waals surface area contributed by atoms with Gasteiger partial charge in [0.1, 0.15) is 18.2 Å². The minimum Gasteiger partial charge on any atom is -0.493 e. The second kappa shape index (κ2) is 8.30. The molecule has 1 amide bonds. The molecule has 8 nitrogen and oxygen atoms in total. The molecule has 2 aromatic rings. The molecule has 2 aromatic carbocycles. The molecule has 0 aliphatic rings. The maximum atomic E-state index is 11.4. The SMILES string of the molecule is COc1cc(/C=C(\C#N)C(N)=O)c([N+](=O)[O-])cc1OCc1ccccc1. The predicted molar refractivity (Wildman–Crippen MR) is 93.2 cm³/mol. The number of nitrogens with two attached hydrogens (primary N) is 1. The van der Waals surface area contributed by atoms with Crippen molar-refractivity contribution >= 4 is 17.7 Å². The van der Waals surface area contributed by atoms with Crippen molar-refractivity contribution in [3.63, 3.8) is 0 Å². The summed E-state index contributed by atoms with van der Waals surface area (Å²) >= 11 is 0. The van der Waals surface area contributed by atoms with Crippen LogP contribution in [0.15, 0.2) is 48.0 Å². The summed E-state index contributed by atoms with van der Waals surface area (Å²) in [5.41, 5.74) is 5.21. The fourth-order valence-corrected chi connectivity index (χ4v) is 2.16. The molecule has 0 aromatic heterocycles. The Labute approximate surface area is 149 Å². The zero-order valence-electron chi connectivity index (χ0n) is 13.8. The number of nitro groups is 1. The minimum atomic E-state index is -0.981. The van der Waals surface area contributed by atoms with Crippen molar-refractivity contribution in [3.05, 3.63) is 69.3 Å². The van der Waals surface area contributed by atoms with Crippen LogP contribution in [0.2, 0.25) is 0 Å². The summed E-state index contributed by atoms with van der Waals surface area (Å²) in [7, 11) is 1.38. The van der Waals surface area contributed by atoms with E-state index in [0.29, 0.717) is 0 Å². The smallest absolute Gasteiger partial charge is 0.280 e. The van der Waals surface area contributed by atoms with Gasteiger partial charge in [0, 0.05) is 0 Å². The van der Waals surface area contributed by atoms with E-state index in [2.05, 4.69) is 0 Å². The molecule has 0 heterocycles. The van der Waals surface area contributed by atoms with Gasteiger partial charge in [0.15, 0.2) is 11.5 Å². The molecule has 0 saturated heterocycles. The molecule has 0 bridgehead atoms. The van der Waals surface area contributed by atoms with Crippen molar-refractivity contribution in [2.24, 2.45) is 5.73 Å². The van der Waals surface area contributed by atoms with Crippen LogP contribution < -0.4 is 15.2 Å². The first kappa shape index (κ1) is 18.5. The lowest BCUT2D eigenvalue weighted by Crippen LogP contribution is -2.12. The van der Waals surface area contributed by atoms with Crippen LogP contribution in [-0.2, 0) is 11.4 Å². The molecule has 8 heteroatoms. The van der Waals surface area contributed by atoms with E-state index < -0.39 is 16.4 Å². The number of benzene rings is 2. The average molecular weight is 353 g/mol. The number of carbonyl (C=O) groups excluding carboxylic acids is 1. The number of hydrogen-bond acceptors (Lipinski definition) is 6. The third kappa shape index (κ3) is 4.36. The molecule has 0 unspecified atom stereocenters. The summed E-state index contributed by atoms with van der Waals surface area (Å²) in [6, 6.07) is 13.4. The van der Waals surface area contributed by atoms with Gasteiger partial charge in [-0.05, 0) is 17.7 Å². The highest BCUT2D eigenvalue weighted by Gasteiger charge is 2.20. The zero-order valence-corrected chi connectivity index (χ0v) is 13.8. The maximum absolute atomic E-state index is 11.4. The Morgan fingerprint density at radius 3 is 2.54 bits per heavy atom. The van der Waals surface area contributed by atoms with Gasteiger partial charge >= 0.3 is 0 Å². The monoisotopic (exact) mass is 353 g/mol. The number of methoxy groups -OCH3 is 1. The van der Waals surface area contributed by atoms with E-state index in [9.17, 15) is 14.9 Å². The highest BCUT2D eigenvalue weighted by Crippen LogP contribution is 2.36. The molecule has 0 aliphatic heterocycles. The van der Waals surface area contributed by atoms with E-state index in [-0.39, 0.29) is 29.4 Å². The molecule has 0 atom stereocenters. The first-order chi connectivity index (χ1) is 12.5. The van der Waals surface area contributed by atoms with Crippen molar-refractivity contribution in [2.75, 3.05) is 7.11 Å². The first-order valence-corrected chi connectivity index (χ1v) is 7.41. The van der Waals surface area contributed by atoms with E-state index >= 15 is 0 Å². The summed E-state index contributed by atoms with van der Waals surface area (Å²) in [5, 5.41) is 20.3. The second-order valence-electron chi connectivity index (χ2n) is 5.13. The molecule has 0 spiro atoms. The number of primary amides is 1. The summed E-state index contributed by atoms with van der Waals surface area (Å²) in [6.07, 6.45) is 1.05. The molecule has 2 N–H and O–H groups in total. The predicted octanol–water partition coefficient (Wildman–Crippen LogP) is 2.57. The number of nitrogens with zero attached hydrogens (tertiary/aromatic N) is 2. The molecule has 0 fully saturated rings. The lowest BCUT2D eigenvalue weighted by Gasteiger charge is -2.12. The van der Waals surface area contributed by atoms with Gasteiger partial charge in [0.05, 0.1) is 23.7 Å². The fraction of sp³-hybridized carbons (Fsp3) is 0.111. The van der Waals surface area contributed by atoms with E-state index in [1.54, 1.807) is 6.07 Å². The number of amides is 1. The largest absolute Gasteiger partial charge is 0.493 e.